The summed E-state index contributed by atoms with van der Waals surface area (Å²) in [5, 5.41) is 3.13. The van der Waals surface area contributed by atoms with Gasteiger partial charge < -0.3 is 10.1 Å². The van der Waals surface area contributed by atoms with Crippen LogP contribution in [0.3, 0.4) is 0 Å². The molecule has 0 radical (unpaired) electrons. The number of aromatic nitrogens is 2. The van der Waals surface area contributed by atoms with Gasteiger partial charge in [0, 0.05) is 18.3 Å². The largest absolute Gasteiger partial charge is 0.458 e. The first-order chi connectivity index (χ1) is 7.96. The molecule has 1 aromatic heterocycles. The van der Waals surface area contributed by atoms with Gasteiger partial charge in [0.1, 0.15) is 0 Å². The Morgan fingerprint density at radius 3 is 2.76 bits per heavy atom. The maximum absolute atomic E-state index is 5.63. The quantitative estimate of drug-likeness (QED) is 0.793. The van der Waals surface area contributed by atoms with E-state index < -0.39 is 5.60 Å². The number of ether oxygens (including phenoxy) is 1. The number of hydrogen-bond acceptors (Lipinski definition) is 4. The summed E-state index contributed by atoms with van der Waals surface area (Å²) in [6.07, 6.45) is 6.39. The van der Waals surface area contributed by atoms with Gasteiger partial charge in [-0.15, -0.1) is 6.42 Å². The third kappa shape index (κ3) is 4.31. The summed E-state index contributed by atoms with van der Waals surface area (Å²) < 4.78 is 5.63. The average Bonchev–Trinajstić information content (AvgIpc) is 2.25. The van der Waals surface area contributed by atoms with Crippen LogP contribution in [0.4, 0.5) is 5.95 Å². The van der Waals surface area contributed by atoms with Gasteiger partial charge in [0.25, 0.3) is 0 Å². The average molecular weight is 233 g/mol. The van der Waals surface area contributed by atoms with E-state index in [4.69, 9.17) is 11.2 Å². The molecule has 0 aliphatic carbocycles. The molecule has 1 rings (SSSR count). The van der Waals surface area contributed by atoms with Crippen molar-refractivity contribution in [3.63, 3.8) is 0 Å². The molecule has 0 saturated carbocycles. The molecule has 4 nitrogen and oxygen atoms in total. The topological polar surface area (TPSA) is 47.0 Å². The van der Waals surface area contributed by atoms with E-state index in [1.807, 2.05) is 20.8 Å². The normalized spacial score (nSPS) is 10.8. The summed E-state index contributed by atoms with van der Waals surface area (Å²) in [6.45, 7) is 8.46. The van der Waals surface area contributed by atoms with Crippen LogP contribution in [0.15, 0.2) is 6.07 Å². The Balaban J connectivity index is 2.86. The van der Waals surface area contributed by atoms with Crippen LogP contribution in [0.5, 0.6) is 5.88 Å². The summed E-state index contributed by atoms with van der Waals surface area (Å²) in [5.41, 5.74) is 0.185. The highest BCUT2D eigenvalue weighted by Gasteiger charge is 2.17. The van der Waals surface area contributed by atoms with E-state index in [1.165, 1.54) is 0 Å². The van der Waals surface area contributed by atoms with Gasteiger partial charge in [-0.1, -0.05) is 12.8 Å². The van der Waals surface area contributed by atoms with Gasteiger partial charge in [-0.05, 0) is 27.2 Å². The number of aryl methyl sites for hydroxylation is 1. The number of anilines is 1. The highest BCUT2D eigenvalue weighted by molar-refractivity contribution is 5.31. The van der Waals surface area contributed by atoms with Crippen LogP contribution in [-0.4, -0.2) is 22.1 Å². The second-order valence-corrected chi connectivity index (χ2v) is 4.35. The molecule has 0 atom stereocenters. The molecule has 17 heavy (non-hydrogen) atoms. The molecule has 4 heteroatoms. The molecule has 0 saturated heterocycles. The number of nitrogens with one attached hydrogen (secondary N) is 1. The van der Waals surface area contributed by atoms with Gasteiger partial charge in [-0.25, -0.2) is 4.98 Å². The van der Waals surface area contributed by atoms with E-state index in [2.05, 4.69) is 28.1 Å². The van der Waals surface area contributed by atoms with Crippen molar-refractivity contribution in [1.82, 2.24) is 9.97 Å². The van der Waals surface area contributed by atoms with Gasteiger partial charge >= 0.3 is 0 Å². The highest BCUT2D eigenvalue weighted by Crippen LogP contribution is 2.17. The van der Waals surface area contributed by atoms with Crippen molar-refractivity contribution in [1.29, 1.82) is 0 Å². The van der Waals surface area contributed by atoms with Crippen LogP contribution in [0.2, 0.25) is 0 Å². The van der Waals surface area contributed by atoms with Crippen LogP contribution in [0.25, 0.3) is 0 Å². The van der Waals surface area contributed by atoms with E-state index in [-0.39, 0.29) is 0 Å². The van der Waals surface area contributed by atoms with Gasteiger partial charge in [-0.2, -0.15) is 4.98 Å². The Bertz CT molecular complexity index is 421. The van der Waals surface area contributed by atoms with E-state index in [0.29, 0.717) is 11.8 Å². The molecule has 0 fully saturated rings. The number of terminal acetylenes is 1. The van der Waals surface area contributed by atoms with Crippen LogP contribution >= 0.6 is 0 Å². The Morgan fingerprint density at radius 2 is 2.18 bits per heavy atom. The van der Waals surface area contributed by atoms with E-state index >= 15 is 0 Å². The van der Waals surface area contributed by atoms with Gasteiger partial charge in [-0.3, -0.25) is 0 Å². The van der Waals surface area contributed by atoms with Crippen molar-refractivity contribution < 1.29 is 4.74 Å². The third-order valence-corrected chi connectivity index (χ3v) is 2.07. The lowest BCUT2D eigenvalue weighted by molar-refractivity contribution is 0.164. The zero-order chi connectivity index (χ0) is 12.9. The van der Waals surface area contributed by atoms with Crippen molar-refractivity contribution in [2.75, 3.05) is 11.9 Å². The molecular weight excluding hydrogens is 214 g/mol. The first-order valence-corrected chi connectivity index (χ1v) is 5.73. The maximum atomic E-state index is 5.63. The SMILES string of the molecule is C#CC(C)(C)Oc1cc(C)nc(NCCC)n1. The first kappa shape index (κ1) is 13.3. The van der Waals surface area contributed by atoms with Crippen LogP contribution < -0.4 is 10.1 Å². The van der Waals surface area contributed by atoms with E-state index in [1.54, 1.807) is 6.07 Å². The molecule has 0 amide bonds. The van der Waals surface area contributed by atoms with Crippen molar-refractivity contribution >= 4 is 5.95 Å². The monoisotopic (exact) mass is 233 g/mol. The lowest BCUT2D eigenvalue weighted by Gasteiger charge is -2.19. The van der Waals surface area contributed by atoms with Gasteiger partial charge in [0.05, 0.1) is 0 Å². The molecule has 0 bridgehead atoms. The van der Waals surface area contributed by atoms with E-state index in [0.717, 1.165) is 18.7 Å². The summed E-state index contributed by atoms with van der Waals surface area (Å²) >= 11 is 0. The summed E-state index contributed by atoms with van der Waals surface area (Å²) in [5.74, 6) is 3.65. The molecule has 0 spiro atoms. The molecule has 1 aromatic rings. The van der Waals surface area contributed by atoms with Gasteiger partial charge in [0.2, 0.25) is 11.8 Å². The Hall–Kier alpha value is -1.76. The zero-order valence-electron chi connectivity index (χ0n) is 10.9. The fourth-order valence-electron chi connectivity index (χ4n) is 1.20. The molecule has 0 unspecified atom stereocenters. The van der Waals surface area contributed by atoms with E-state index in [9.17, 15) is 0 Å². The minimum Gasteiger partial charge on any atom is -0.458 e. The zero-order valence-corrected chi connectivity index (χ0v) is 10.9. The van der Waals surface area contributed by atoms with Crippen LogP contribution in [-0.2, 0) is 0 Å². The summed E-state index contributed by atoms with van der Waals surface area (Å²) in [6, 6.07) is 1.77. The van der Waals surface area contributed by atoms with Crippen molar-refractivity contribution in [2.45, 2.75) is 39.7 Å². The smallest absolute Gasteiger partial charge is 0.226 e. The Morgan fingerprint density at radius 1 is 1.47 bits per heavy atom. The van der Waals surface area contributed by atoms with Crippen LogP contribution in [0, 0.1) is 19.3 Å². The predicted molar refractivity (Wildman–Crippen MR) is 69.1 cm³/mol. The van der Waals surface area contributed by atoms with Crippen molar-refractivity contribution in [2.24, 2.45) is 0 Å². The van der Waals surface area contributed by atoms with Crippen LogP contribution in [0.1, 0.15) is 32.9 Å². The molecular formula is C13H19N3O. The molecule has 92 valence electrons. The molecule has 0 aliphatic rings. The summed E-state index contributed by atoms with van der Waals surface area (Å²) in [7, 11) is 0. The number of rotatable bonds is 5. The molecule has 0 aromatic carbocycles. The molecule has 1 N–H and O–H groups in total. The standard InChI is InChI=1S/C13H19N3O/c1-6-8-14-12-15-10(3)9-11(16-12)17-13(4,5)7-2/h2,9H,6,8H2,1,3-5H3,(H,14,15,16). The minimum absolute atomic E-state index is 0.499. The fraction of sp³-hybridized carbons (Fsp3) is 0.538. The van der Waals surface area contributed by atoms with Crippen molar-refractivity contribution in [3.05, 3.63) is 11.8 Å². The first-order valence-electron chi connectivity index (χ1n) is 5.73. The minimum atomic E-state index is -0.664. The predicted octanol–water partition coefficient (Wildman–Crippen LogP) is 2.40. The third-order valence-electron chi connectivity index (χ3n) is 2.07. The lowest BCUT2D eigenvalue weighted by Crippen LogP contribution is -2.26. The Labute approximate surface area is 103 Å². The van der Waals surface area contributed by atoms with Crippen molar-refractivity contribution in [3.8, 4) is 18.2 Å². The number of nitrogens with zero attached hydrogens (tertiary/aromatic N) is 2. The fourth-order valence-corrected chi connectivity index (χ4v) is 1.20. The second-order valence-electron chi connectivity index (χ2n) is 4.35. The highest BCUT2D eigenvalue weighted by atomic mass is 16.5. The molecule has 0 aliphatic heterocycles. The summed E-state index contributed by atoms with van der Waals surface area (Å²) in [4.78, 5) is 8.54. The second kappa shape index (κ2) is 5.53. The lowest BCUT2D eigenvalue weighted by atomic mass is 10.1. The Kier molecular flexibility index (Phi) is 4.33. The molecule has 1 heterocycles. The van der Waals surface area contributed by atoms with Gasteiger partial charge in [0.15, 0.2) is 5.60 Å². The maximum Gasteiger partial charge on any atom is 0.226 e. The number of hydrogen-bond donors (Lipinski definition) is 1.